The van der Waals surface area contributed by atoms with E-state index in [4.69, 9.17) is 0 Å². The number of hydrogen-bond acceptors (Lipinski definition) is 2. The van der Waals surface area contributed by atoms with Crippen LogP contribution in [0.5, 0.6) is 0 Å². The molecule has 0 bridgehead atoms. The van der Waals surface area contributed by atoms with Gasteiger partial charge in [-0.3, -0.25) is 4.72 Å². The summed E-state index contributed by atoms with van der Waals surface area (Å²) in [6.07, 6.45) is 0. The first-order valence-corrected chi connectivity index (χ1v) is 7.73. The highest BCUT2D eigenvalue weighted by molar-refractivity contribution is 7.91. The second kappa shape index (κ2) is 5.45. The van der Waals surface area contributed by atoms with Crippen LogP contribution in [-0.2, 0) is 15.8 Å². The Hall–Kier alpha value is -1.81. The van der Waals surface area contributed by atoms with Crippen molar-refractivity contribution in [3.63, 3.8) is 0 Å². The zero-order valence-corrected chi connectivity index (χ0v) is 11.9. The maximum Gasteiger partial charge on any atom is 0.236 e. The highest BCUT2D eigenvalue weighted by Gasteiger charge is 2.12. The van der Waals surface area contributed by atoms with E-state index in [0.717, 1.165) is 16.7 Å². The van der Waals surface area contributed by atoms with Crippen LogP contribution < -0.4 is 4.72 Å². The van der Waals surface area contributed by atoms with E-state index in [2.05, 4.69) is 4.72 Å². The largest absolute Gasteiger partial charge is 0.283 e. The van der Waals surface area contributed by atoms with Gasteiger partial charge in [0.05, 0.1) is 5.75 Å². The first kappa shape index (κ1) is 13.6. The van der Waals surface area contributed by atoms with E-state index in [1.807, 2.05) is 50.2 Å². The normalized spacial score (nSPS) is 11.3. The summed E-state index contributed by atoms with van der Waals surface area (Å²) in [5.74, 6) is -0.00640. The molecule has 0 amide bonds. The minimum absolute atomic E-state index is 0.00640. The number of hydrogen-bond donors (Lipinski definition) is 1. The topological polar surface area (TPSA) is 46.2 Å². The van der Waals surface area contributed by atoms with Crippen molar-refractivity contribution < 1.29 is 8.42 Å². The van der Waals surface area contributed by atoms with Gasteiger partial charge < -0.3 is 0 Å². The lowest BCUT2D eigenvalue weighted by molar-refractivity contribution is 0.600. The summed E-state index contributed by atoms with van der Waals surface area (Å²) < 4.78 is 26.8. The van der Waals surface area contributed by atoms with Gasteiger partial charge >= 0.3 is 0 Å². The van der Waals surface area contributed by atoms with Crippen LogP contribution in [0.2, 0.25) is 0 Å². The van der Waals surface area contributed by atoms with E-state index in [9.17, 15) is 8.42 Å². The Morgan fingerprint density at radius 2 is 1.58 bits per heavy atom. The van der Waals surface area contributed by atoms with Crippen molar-refractivity contribution in [2.75, 3.05) is 4.72 Å². The molecule has 1 N–H and O–H groups in total. The molecule has 19 heavy (non-hydrogen) atoms. The zero-order valence-electron chi connectivity index (χ0n) is 11.1. The number of anilines is 1. The monoisotopic (exact) mass is 275 g/mol. The van der Waals surface area contributed by atoms with Crippen LogP contribution in [0.1, 0.15) is 16.7 Å². The Kier molecular flexibility index (Phi) is 3.90. The maximum atomic E-state index is 12.1. The van der Waals surface area contributed by atoms with E-state index in [1.54, 1.807) is 12.1 Å². The van der Waals surface area contributed by atoms with Crippen molar-refractivity contribution in [3.8, 4) is 0 Å². The standard InChI is InChI=1S/C15H17NO2S/c1-12-7-9-15(10-8-12)16-19(17,18)11-14-6-4-3-5-13(14)2/h3-10,16H,11H2,1-2H3. The van der Waals surface area contributed by atoms with Crippen molar-refractivity contribution >= 4 is 15.7 Å². The Bertz CT molecular complexity index is 661. The molecule has 0 aliphatic carbocycles. The lowest BCUT2D eigenvalue weighted by Gasteiger charge is -2.10. The van der Waals surface area contributed by atoms with Crippen molar-refractivity contribution in [2.45, 2.75) is 19.6 Å². The molecule has 0 fully saturated rings. The average Bonchev–Trinajstić information content (AvgIpc) is 2.35. The summed E-state index contributed by atoms with van der Waals surface area (Å²) in [7, 11) is -3.37. The molecule has 0 aliphatic heterocycles. The van der Waals surface area contributed by atoms with Crippen molar-refractivity contribution in [1.29, 1.82) is 0 Å². The molecule has 0 spiro atoms. The van der Waals surface area contributed by atoms with Gasteiger partial charge in [0.1, 0.15) is 0 Å². The highest BCUT2D eigenvalue weighted by Crippen LogP contribution is 2.15. The summed E-state index contributed by atoms with van der Waals surface area (Å²) in [6.45, 7) is 3.88. The van der Waals surface area contributed by atoms with Gasteiger partial charge in [-0.25, -0.2) is 8.42 Å². The summed E-state index contributed by atoms with van der Waals surface area (Å²) in [6, 6.07) is 14.8. The fraction of sp³-hybridized carbons (Fsp3) is 0.200. The van der Waals surface area contributed by atoms with Crippen molar-refractivity contribution in [3.05, 3.63) is 65.2 Å². The third kappa shape index (κ3) is 3.83. The summed E-state index contributed by atoms with van der Waals surface area (Å²) >= 11 is 0. The van der Waals surface area contributed by atoms with Gasteiger partial charge in [0.15, 0.2) is 0 Å². The first-order valence-electron chi connectivity index (χ1n) is 6.08. The van der Waals surface area contributed by atoms with Crippen molar-refractivity contribution in [2.24, 2.45) is 0 Å². The van der Waals surface area contributed by atoms with E-state index in [0.29, 0.717) is 5.69 Å². The number of aryl methyl sites for hydroxylation is 2. The first-order chi connectivity index (χ1) is 8.96. The Morgan fingerprint density at radius 1 is 0.947 bits per heavy atom. The molecule has 0 heterocycles. The van der Waals surface area contributed by atoms with Gasteiger partial charge in [-0.05, 0) is 37.1 Å². The third-order valence-electron chi connectivity index (χ3n) is 2.93. The van der Waals surface area contributed by atoms with Crippen LogP contribution in [0.3, 0.4) is 0 Å². The minimum atomic E-state index is -3.37. The molecule has 2 aromatic carbocycles. The van der Waals surface area contributed by atoms with Crippen LogP contribution >= 0.6 is 0 Å². The van der Waals surface area contributed by atoms with Crippen LogP contribution in [0.15, 0.2) is 48.5 Å². The molecule has 0 aromatic heterocycles. The van der Waals surface area contributed by atoms with Crippen LogP contribution in [0, 0.1) is 13.8 Å². The predicted molar refractivity (Wildman–Crippen MR) is 78.6 cm³/mol. The second-order valence-corrected chi connectivity index (χ2v) is 6.38. The highest BCUT2D eigenvalue weighted by atomic mass is 32.2. The van der Waals surface area contributed by atoms with Gasteiger partial charge in [-0.1, -0.05) is 42.0 Å². The molecule has 0 radical (unpaired) electrons. The van der Waals surface area contributed by atoms with Gasteiger partial charge in [-0.2, -0.15) is 0 Å². The molecule has 0 aliphatic rings. The molecule has 0 unspecified atom stereocenters. The van der Waals surface area contributed by atoms with E-state index in [-0.39, 0.29) is 5.75 Å². The zero-order chi connectivity index (χ0) is 13.9. The van der Waals surface area contributed by atoms with Crippen LogP contribution in [0.4, 0.5) is 5.69 Å². The van der Waals surface area contributed by atoms with Gasteiger partial charge in [0, 0.05) is 5.69 Å². The molecule has 100 valence electrons. The molecule has 0 saturated carbocycles. The number of sulfonamides is 1. The molecule has 2 rings (SSSR count). The molecular formula is C15H17NO2S. The van der Waals surface area contributed by atoms with E-state index < -0.39 is 10.0 Å². The van der Waals surface area contributed by atoms with E-state index >= 15 is 0 Å². The summed E-state index contributed by atoms with van der Waals surface area (Å²) in [4.78, 5) is 0. The number of nitrogens with one attached hydrogen (secondary N) is 1. The molecule has 3 nitrogen and oxygen atoms in total. The van der Waals surface area contributed by atoms with Crippen LogP contribution in [-0.4, -0.2) is 8.42 Å². The van der Waals surface area contributed by atoms with E-state index in [1.165, 1.54) is 0 Å². The molecule has 0 atom stereocenters. The quantitative estimate of drug-likeness (QED) is 0.931. The fourth-order valence-electron chi connectivity index (χ4n) is 1.81. The SMILES string of the molecule is Cc1ccc(NS(=O)(=O)Cc2ccccc2C)cc1. The smallest absolute Gasteiger partial charge is 0.236 e. The lowest BCUT2D eigenvalue weighted by Crippen LogP contribution is -2.15. The molecule has 2 aromatic rings. The minimum Gasteiger partial charge on any atom is -0.283 e. The van der Waals surface area contributed by atoms with Gasteiger partial charge in [0.2, 0.25) is 10.0 Å². The Labute approximate surface area is 114 Å². The summed E-state index contributed by atoms with van der Waals surface area (Å²) in [5.41, 5.74) is 3.50. The molecule has 4 heteroatoms. The molecular weight excluding hydrogens is 258 g/mol. The van der Waals surface area contributed by atoms with Crippen molar-refractivity contribution in [1.82, 2.24) is 0 Å². The average molecular weight is 275 g/mol. The fourth-order valence-corrected chi connectivity index (χ4v) is 3.11. The number of benzene rings is 2. The Morgan fingerprint density at radius 3 is 2.21 bits per heavy atom. The summed E-state index contributed by atoms with van der Waals surface area (Å²) in [5, 5.41) is 0. The predicted octanol–water partition coefficient (Wildman–Crippen LogP) is 3.25. The van der Waals surface area contributed by atoms with Crippen LogP contribution in [0.25, 0.3) is 0 Å². The third-order valence-corrected chi connectivity index (χ3v) is 4.17. The van der Waals surface area contributed by atoms with Gasteiger partial charge in [0.25, 0.3) is 0 Å². The molecule has 0 saturated heterocycles. The Balaban J connectivity index is 2.15. The van der Waals surface area contributed by atoms with Gasteiger partial charge in [-0.15, -0.1) is 0 Å². The maximum absolute atomic E-state index is 12.1. The lowest BCUT2D eigenvalue weighted by atomic mass is 10.1. The second-order valence-electron chi connectivity index (χ2n) is 4.65. The number of rotatable bonds is 4.